The average molecular weight is 405 g/mol. The minimum atomic E-state index is -1.35. The van der Waals surface area contributed by atoms with Gasteiger partial charge in [0.1, 0.15) is 5.82 Å². The standard InChI is InChI=1S/C21H18F3NO4/c1-9(2)15(21(28)29)16-10(3)25(20(27)11-5-4-6-12(22)7-11)14-8-13(23)19(26)18(24)17(14)16/h4-9,15,26H,1-3H3,(H,28,29). The van der Waals surface area contributed by atoms with Gasteiger partial charge in [-0.05, 0) is 36.6 Å². The number of hydrogen-bond acceptors (Lipinski definition) is 3. The summed E-state index contributed by atoms with van der Waals surface area (Å²) >= 11 is 0. The minimum absolute atomic E-state index is 0.0416. The van der Waals surface area contributed by atoms with Gasteiger partial charge >= 0.3 is 5.97 Å². The molecule has 0 radical (unpaired) electrons. The van der Waals surface area contributed by atoms with E-state index in [4.69, 9.17) is 0 Å². The second kappa shape index (κ2) is 7.27. The zero-order valence-corrected chi connectivity index (χ0v) is 15.8. The maximum atomic E-state index is 14.9. The van der Waals surface area contributed by atoms with Crippen molar-refractivity contribution < 1.29 is 33.0 Å². The van der Waals surface area contributed by atoms with Crippen molar-refractivity contribution in [1.29, 1.82) is 0 Å². The number of fused-ring (bicyclic) bond motifs is 1. The lowest BCUT2D eigenvalue weighted by Crippen LogP contribution is -2.20. The number of carboxylic acids is 1. The third kappa shape index (κ3) is 3.24. The molecular formula is C21H18F3NO4. The first-order valence-corrected chi connectivity index (χ1v) is 8.81. The van der Waals surface area contributed by atoms with Gasteiger partial charge in [0.05, 0.1) is 11.4 Å². The quantitative estimate of drug-likeness (QED) is 0.666. The van der Waals surface area contributed by atoms with Crippen LogP contribution in [0, 0.1) is 30.3 Å². The first-order chi connectivity index (χ1) is 13.6. The van der Waals surface area contributed by atoms with Crippen molar-refractivity contribution in [3.05, 3.63) is 64.6 Å². The fraction of sp³-hybridized carbons (Fsp3) is 0.238. The van der Waals surface area contributed by atoms with Crippen molar-refractivity contribution in [2.24, 2.45) is 5.92 Å². The summed E-state index contributed by atoms with van der Waals surface area (Å²) < 4.78 is 43.5. The van der Waals surface area contributed by atoms with Crippen LogP contribution in [0.25, 0.3) is 10.9 Å². The molecule has 1 aromatic heterocycles. The van der Waals surface area contributed by atoms with Crippen LogP contribution in [-0.2, 0) is 4.79 Å². The van der Waals surface area contributed by atoms with Crippen molar-refractivity contribution in [2.45, 2.75) is 26.7 Å². The van der Waals surface area contributed by atoms with Crippen LogP contribution in [0.5, 0.6) is 5.75 Å². The number of aliphatic carboxylic acids is 1. The van der Waals surface area contributed by atoms with Crippen LogP contribution in [-0.4, -0.2) is 26.7 Å². The van der Waals surface area contributed by atoms with Crippen LogP contribution >= 0.6 is 0 Å². The maximum Gasteiger partial charge on any atom is 0.311 e. The summed E-state index contributed by atoms with van der Waals surface area (Å²) in [6.07, 6.45) is 0. The smallest absolute Gasteiger partial charge is 0.311 e. The maximum absolute atomic E-state index is 14.9. The Morgan fingerprint density at radius 1 is 1.10 bits per heavy atom. The van der Waals surface area contributed by atoms with Crippen molar-refractivity contribution in [3.63, 3.8) is 0 Å². The number of hydrogen-bond donors (Lipinski definition) is 2. The van der Waals surface area contributed by atoms with E-state index in [9.17, 15) is 33.0 Å². The van der Waals surface area contributed by atoms with E-state index in [0.717, 1.165) is 22.8 Å². The summed E-state index contributed by atoms with van der Waals surface area (Å²) in [6.45, 7) is 4.62. The summed E-state index contributed by atoms with van der Waals surface area (Å²) in [4.78, 5) is 24.9. The molecule has 1 atom stereocenters. The number of halogens is 3. The Morgan fingerprint density at radius 3 is 2.31 bits per heavy atom. The van der Waals surface area contributed by atoms with Gasteiger partial charge in [0.25, 0.3) is 5.91 Å². The molecule has 2 aromatic carbocycles. The number of aromatic hydroxyl groups is 1. The Balaban J connectivity index is 2.44. The van der Waals surface area contributed by atoms with Crippen LogP contribution in [0.1, 0.15) is 41.4 Å². The van der Waals surface area contributed by atoms with Crippen molar-refractivity contribution in [2.75, 3.05) is 0 Å². The molecule has 8 heteroatoms. The molecule has 3 rings (SSSR count). The highest BCUT2D eigenvalue weighted by Gasteiger charge is 2.34. The number of carbonyl (C=O) groups excluding carboxylic acids is 1. The molecule has 0 amide bonds. The minimum Gasteiger partial charge on any atom is -0.503 e. The van der Waals surface area contributed by atoms with E-state index in [1.165, 1.54) is 19.1 Å². The van der Waals surface area contributed by atoms with Crippen LogP contribution < -0.4 is 0 Å². The van der Waals surface area contributed by atoms with Crippen LogP contribution in [0.3, 0.4) is 0 Å². The van der Waals surface area contributed by atoms with Crippen molar-refractivity contribution >= 4 is 22.8 Å². The molecule has 152 valence electrons. The largest absolute Gasteiger partial charge is 0.503 e. The third-order valence-electron chi connectivity index (χ3n) is 4.93. The molecule has 0 aliphatic heterocycles. The lowest BCUT2D eigenvalue weighted by molar-refractivity contribution is -0.139. The normalized spacial score (nSPS) is 12.5. The van der Waals surface area contributed by atoms with E-state index in [-0.39, 0.29) is 27.7 Å². The van der Waals surface area contributed by atoms with Gasteiger partial charge in [0, 0.05) is 22.7 Å². The molecule has 5 nitrogen and oxygen atoms in total. The lowest BCUT2D eigenvalue weighted by Gasteiger charge is -2.17. The number of carboxylic acid groups (broad SMARTS) is 1. The number of carbonyl (C=O) groups is 2. The number of phenols is 1. The lowest BCUT2D eigenvalue weighted by atomic mass is 9.86. The summed E-state index contributed by atoms with van der Waals surface area (Å²) in [7, 11) is 0. The molecule has 0 spiro atoms. The highest BCUT2D eigenvalue weighted by Crippen LogP contribution is 2.40. The van der Waals surface area contributed by atoms with Gasteiger partial charge in [-0.15, -0.1) is 0 Å². The molecule has 0 bridgehead atoms. The molecule has 1 heterocycles. The van der Waals surface area contributed by atoms with Gasteiger partial charge in [-0.2, -0.15) is 0 Å². The van der Waals surface area contributed by atoms with Gasteiger partial charge in [-0.25, -0.2) is 13.2 Å². The number of aromatic nitrogens is 1. The number of benzene rings is 2. The molecule has 3 aromatic rings. The van der Waals surface area contributed by atoms with E-state index in [1.54, 1.807) is 13.8 Å². The van der Waals surface area contributed by atoms with Crippen LogP contribution in [0.4, 0.5) is 13.2 Å². The zero-order valence-electron chi connectivity index (χ0n) is 15.8. The Morgan fingerprint density at radius 2 is 1.76 bits per heavy atom. The van der Waals surface area contributed by atoms with Crippen LogP contribution in [0.2, 0.25) is 0 Å². The molecule has 0 fully saturated rings. The zero-order chi connectivity index (χ0) is 21.6. The number of nitrogens with zero attached hydrogens (tertiary/aromatic N) is 1. The predicted molar refractivity (Wildman–Crippen MR) is 99.6 cm³/mol. The molecule has 0 aliphatic rings. The SMILES string of the molecule is Cc1c(C(C(=O)O)C(C)C)c2c(F)c(O)c(F)cc2n1C(=O)c1cccc(F)c1. The van der Waals surface area contributed by atoms with E-state index in [2.05, 4.69) is 0 Å². The summed E-state index contributed by atoms with van der Waals surface area (Å²) in [5.74, 6) is -8.36. The Labute approximate surface area is 164 Å². The second-order valence-electron chi connectivity index (χ2n) is 7.13. The third-order valence-corrected chi connectivity index (χ3v) is 4.93. The summed E-state index contributed by atoms with van der Waals surface area (Å²) in [6, 6.07) is 5.52. The molecule has 29 heavy (non-hydrogen) atoms. The highest BCUT2D eigenvalue weighted by molar-refractivity contribution is 6.05. The monoisotopic (exact) mass is 405 g/mol. The second-order valence-corrected chi connectivity index (χ2v) is 7.13. The average Bonchev–Trinajstić information content (AvgIpc) is 2.91. The van der Waals surface area contributed by atoms with Gasteiger partial charge in [-0.1, -0.05) is 19.9 Å². The Kier molecular flexibility index (Phi) is 5.13. The van der Waals surface area contributed by atoms with E-state index in [0.29, 0.717) is 0 Å². The van der Waals surface area contributed by atoms with Crippen molar-refractivity contribution in [3.8, 4) is 5.75 Å². The van der Waals surface area contributed by atoms with E-state index >= 15 is 0 Å². The molecule has 1 unspecified atom stereocenters. The Hall–Kier alpha value is -3.29. The number of phenolic OH excluding ortho intramolecular Hbond substituents is 1. The van der Waals surface area contributed by atoms with Gasteiger partial charge < -0.3 is 10.2 Å². The molecule has 0 aliphatic carbocycles. The highest BCUT2D eigenvalue weighted by atomic mass is 19.1. The van der Waals surface area contributed by atoms with E-state index in [1.807, 2.05) is 0 Å². The first-order valence-electron chi connectivity index (χ1n) is 8.81. The van der Waals surface area contributed by atoms with Gasteiger partial charge in [0.15, 0.2) is 17.4 Å². The summed E-state index contributed by atoms with van der Waals surface area (Å²) in [5.41, 5.74) is -0.298. The van der Waals surface area contributed by atoms with Crippen molar-refractivity contribution in [1.82, 2.24) is 4.57 Å². The molecule has 0 saturated heterocycles. The van der Waals surface area contributed by atoms with Gasteiger partial charge in [0.2, 0.25) is 0 Å². The molecule has 2 N–H and O–H groups in total. The van der Waals surface area contributed by atoms with Gasteiger partial charge in [-0.3, -0.25) is 14.2 Å². The topological polar surface area (TPSA) is 79.5 Å². The first kappa shape index (κ1) is 20.4. The number of rotatable bonds is 4. The van der Waals surface area contributed by atoms with Crippen LogP contribution in [0.15, 0.2) is 30.3 Å². The summed E-state index contributed by atoms with van der Waals surface area (Å²) in [5, 5.41) is 19.1. The Bertz CT molecular complexity index is 1150. The predicted octanol–water partition coefficient (Wildman–Crippen LogP) is 4.59. The fourth-order valence-corrected chi connectivity index (χ4v) is 3.65. The fourth-order valence-electron chi connectivity index (χ4n) is 3.65. The van der Waals surface area contributed by atoms with E-state index < -0.39 is 46.9 Å². The molecular weight excluding hydrogens is 387 g/mol. The molecule has 0 saturated carbocycles.